The number of halogens is 4. The van der Waals surface area contributed by atoms with Gasteiger partial charge < -0.3 is 10.5 Å². The summed E-state index contributed by atoms with van der Waals surface area (Å²) >= 11 is 0. The number of alkyl halides is 3. The summed E-state index contributed by atoms with van der Waals surface area (Å²) in [6.07, 6.45) is -2.03. The number of carbonyl (C=O) groups excluding carboxylic acids is 1. The minimum Gasteiger partial charge on any atom is -0.403 e. The number of hydrogen-bond acceptors (Lipinski definition) is 4. The van der Waals surface area contributed by atoms with Gasteiger partial charge in [0.05, 0.1) is 17.5 Å². The predicted molar refractivity (Wildman–Crippen MR) is 88.9 cm³/mol. The molecule has 1 amide bonds. The van der Waals surface area contributed by atoms with Gasteiger partial charge in [-0.25, -0.2) is 4.68 Å². The number of nitrogens with zero attached hydrogens (tertiary/aromatic N) is 2. The largest absolute Gasteiger partial charge is 0.573 e. The van der Waals surface area contributed by atoms with E-state index < -0.39 is 24.0 Å². The molecule has 1 heterocycles. The summed E-state index contributed by atoms with van der Waals surface area (Å²) in [6.45, 7) is 0. The highest BCUT2D eigenvalue weighted by Gasteiger charge is 2.35. The summed E-state index contributed by atoms with van der Waals surface area (Å²) in [5.74, 6) is -1.58. The maximum atomic E-state index is 12.6. The average Bonchev–Trinajstić information content (AvgIpc) is 3.24. The van der Waals surface area contributed by atoms with Crippen molar-refractivity contribution in [2.24, 2.45) is 5.73 Å². The number of rotatable bonds is 4. The first-order chi connectivity index (χ1) is 11.8. The normalized spacial score (nSPS) is 13.7. The van der Waals surface area contributed by atoms with E-state index in [0.29, 0.717) is 5.69 Å². The Kier molecular flexibility index (Phi) is 5.45. The second-order valence-electron chi connectivity index (χ2n) is 5.51. The smallest absolute Gasteiger partial charge is 0.403 e. The molecule has 0 saturated heterocycles. The molecule has 140 valence electrons. The van der Waals surface area contributed by atoms with Gasteiger partial charge in [-0.05, 0) is 25.0 Å². The number of para-hydroxylation sites is 2. The molecule has 0 atom stereocenters. The summed E-state index contributed by atoms with van der Waals surface area (Å²) in [5.41, 5.74) is 5.87. The highest BCUT2D eigenvalue weighted by molar-refractivity contribution is 6.05. The molecule has 0 bridgehead atoms. The Balaban J connectivity index is 0.00000243. The van der Waals surface area contributed by atoms with Gasteiger partial charge in [0.2, 0.25) is 0 Å². The van der Waals surface area contributed by atoms with Crippen LogP contribution in [0.4, 0.5) is 13.2 Å². The van der Waals surface area contributed by atoms with Crippen molar-refractivity contribution < 1.29 is 22.7 Å². The van der Waals surface area contributed by atoms with E-state index in [0.717, 1.165) is 12.8 Å². The molecule has 0 aliphatic heterocycles. The molecule has 0 unspecified atom stereocenters. The number of amides is 1. The van der Waals surface area contributed by atoms with Crippen LogP contribution in [0.5, 0.6) is 5.75 Å². The van der Waals surface area contributed by atoms with E-state index in [1.165, 1.54) is 29.1 Å². The molecule has 3 rings (SSSR count). The minimum atomic E-state index is -4.85. The van der Waals surface area contributed by atoms with Crippen molar-refractivity contribution in [1.29, 1.82) is 5.41 Å². The second kappa shape index (κ2) is 7.24. The van der Waals surface area contributed by atoms with Gasteiger partial charge in [0.25, 0.3) is 5.91 Å². The number of hydrogen-bond donors (Lipinski definition) is 3. The lowest BCUT2D eigenvalue weighted by Crippen LogP contribution is -2.36. The first-order valence-corrected chi connectivity index (χ1v) is 7.34. The average molecular weight is 390 g/mol. The lowest BCUT2D eigenvalue weighted by molar-refractivity contribution is -0.274. The Hall–Kier alpha value is -2.75. The first-order valence-electron chi connectivity index (χ1n) is 7.34. The van der Waals surface area contributed by atoms with Crippen molar-refractivity contribution >= 4 is 24.3 Å². The molecule has 0 spiro atoms. The number of guanidine groups is 1. The third kappa shape index (κ3) is 4.26. The van der Waals surface area contributed by atoms with E-state index in [2.05, 4.69) is 15.2 Å². The fourth-order valence-electron chi connectivity index (χ4n) is 2.51. The zero-order valence-electron chi connectivity index (χ0n) is 13.2. The molecule has 1 aliphatic rings. The molecule has 1 aliphatic carbocycles. The van der Waals surface area contributed by atoms with Crippen molar-refractivity contribution in [2.45, 2.75) is 25.1 Å². The van der Waals surface area contributed by atoms with Crippen LogP contribution in [0, 0.1) is 5.41 Å². The molecule has 26 heavy (non-hydrogen) atoms. The van der Waals surface area contributed by atoms with Crippen molar-refractivity contribution in [3.05, 3.63) is 41.7 Å². The number of benzene rings is 1. The van der Waals surface area contributed by atoms with E-state index in [1.54, 1.807) is 6.07 Å². The Labute approximate surface area is 152 Å². The molecule has 1 fully saturated rings. The number of ether oxygens (including phenoxy) is 1. The van der Waals surface area contributed by atoms with Gasteiger partial charge in [0.15, 0.2) is 11.7 Å². The fraction of sp³-hybridized carbons (Fsp3) is 0.267. The van der Waals surface area contributed by atoms with Crippen molar-refractivity contribution in [1.82, 2.24) is 15.1 Å². The Morgan fingerprint density at radius 2 is 2.00 bits per heavy atom. The summed E-state index contributed by atoms with van der Waals surface area (Å²) < 4.78 is 43.2. The number of carbonyl (C=O) groups is 1. The van der Waals surface area contributed by atoms with Gasteiger partial charge in [-0.3, -0.25) is 15.5 Å². The SMILES string of the molecule is Cl.N=C(N)NC(=O)c1cnn(-c2ccccc2OC(F)(F)F)c1C1CC1. The van der Waals surface area contributed by atoms with Gasteiger partial charge in [-0.15, -0.1) is 25.6 Å². The second-order valence-corrected chi connectivity index (χ2v) is 5.51. The van der Waals surface area contributed by atoms with Gasteiger partial charge in [0, 0.05) is 5.92 Å². The van der Waals surface area contributed by atoms with Crippen LogP contribution in [0.1, 0.15) is 34.8 Å². The van der Waals surface area contributed by atoms with Gasteiger partial charge in [0.1, 0.15) is 5.69 Å². The monoisotopic (exact) mass is 389 g/mol. The maximum Gasteiger partial charge on any atom is 0.573 e. The topological polar surface area (TPSA) is 106 Å². The van der Waals surface area contributed by atoms with Crippen LogP contribution in [0.3, 0.4) is 0 Å². The fourth-order valence-corrected chi connectivity index (χ4v) is 2.51. The molecule has 7 nitrogen and oxygen atoms in total. The van der Waals surface area contributed by atoms with Crippen LogP contribution >= 0.6 is 12.4 Å². The molecular weight excluding hydrogens is 375 g/mol. The van der Waals surface area contributed by atoms with Crippen LogP contribution in [0.2, 0.25) is 0 Å². The summed E-state index contributed by atoms with van der Waals surface area (Å²) in [5, 5.41) is 13.4. The lowest BCUT2D eigenvalue weighted by atomic mass is 10.1. The molecule has 1 aromatic carbocycles. The molecule has 4 N–H and O–H groups in total. The lowest BCUT2D eigenvalue weighted by Gasteiger charge is -2.15. The minimum absolute atomic E-state index is 0. The van der Waals surface area contributed by atoms with Crippen LogP contribution in [-0.4, -0.2) is 28.0 Å². The predicted octanol–water partition coefficient (Wildman–Crippen LogP) is 2.69. The zero-order chi connectivity index (χ0) is 18.2. The molecule has 1 aromatic heterocycles. The zero-order valence-corrected chi connectivity index (χ0v) is 14.0. The first kappa shape index (κ1) is 19.6. The van der Waals surface area contributed by atoms with E-state index in [9.17, 15) is 18.0 Å². The number of nitrogens with two attached hydrogens (primary N) is 1. The third-order valence-electron chi connectivity index (χ3n) is 3.58. The Bertz CT molecular complexity index is 833. The molecular formula is C15H15ClF3N5O2. The van der Waals surface area contributed by atoms with Gasteiger partial charge >= 0.3 is 6.36 Å². The van der Waals surface area contributed by atoms with Gasteiger partial charge in [-0.1, -0.05) is 12.1 Å². The van der Waals surface area contributed by atoms with Crippen molar-refractivity contribution in [3.63, 3.8) is 0 Å². The van der Waals surface area contributed by atoms with Crippen LogP contribution in [0.15, 0.2) is 30.5 Å². The summed E-state index contributed by atoms with van der Waals surface area (Å²) in [4.78, 5) is 12.2. The van der Waals surface area contributed by atoms with E-state index in [1.807, 2.05) is 0 Å². The van der Waals surface area contributed by atoms with E-state index >= 15 is 0 Å². The number of aromatic nitrogens is 2. The number of nitrogens with one attached hydrogen (secondary N) is 2. The van der Waals surface area contributed by atoms with Crippen molar-refractivity contribution in [3.8, 4) is 11.4 Å². The Morgan fingerprint density at radius 3 is 2.58 bits per heavy atom. The van der Waals surface area contributed by atoms with Crippen LogP contribution < -0.4 is 15.8 Å². The van der Waals surface area contributed by atoms with Crippen LogP contribution in [-0.2, 0) is 0 Å². The highest BCUT2D eigenvalue weighted by Crippen LogP contribution is 2.43. The van der Waals surface area contributed by atoms with E-state index in [-0.39, 0.29) is 29.6 Å². The molecule has 0 radical (unpaired) electrons. The van der Waals surface area contributed by atoms with Crippen molar-refractivity contribution in [2.75, 3.05) is 0 Å². The summed E-state index contributed by atoms with van der Waals surface area (Å²) in [6, 6.07) is 5.56. The standard InChI is InChI=1S/C15H14F3N5O2.ClH/c16-15(17,18)25-11-4-2-1-3-10(11)23-12(8-5-6-8)9(7-21-23)13(24)22-14(19)20;/h1-4,7-8H,5-6H2,(H4,19,20,22,24);1H. The Morgan fingerprint density at radius 1 is 1.35 bits per heavy atom. The maximum absolute atomic E-state index is 12.6. The molecule has 1 saturated carbocycles. The highest BCUT2D eigenvalue weighted by atomic mass is 35.5. The van der Waals surface area contributed by atoms with Crippen LogP contribution in [0.25, 0.3) is 5.69 Å². The molecule has 2 aromatic rings. The quantitative estimate of drug-likeness (QED) is 0.552. The molecule has 11 heteroatoms. The van der Waals surface area contributed by atoms with E-state index in [4.69, 9.17) is 11.1 Å². The van der Waals surface area contributed by atoms with Gasteiger partial charge in [-0.2, -0.15) is 5.10 Å². The summed E-state index contributed by atoms with van der Waals surface area (Å²) in [7, 11) is 0. The third-order valence-corrected chi connectivity index (χ3v) is 3.58.